The van der Waals surface area contributed by atoms with Crippen molar-refractivity contribution in [1.29, 1.82) is 0 Å². The number of rotatable bonds is 7. The SMILES string of the molecule is Cc1ccc(C(=O)NCC(C(C)C)N2CCOCC2)cc1NC(=O)c1ccco1. The van der Waals surface area contributed by atoms with E-state index in [2.05, 4.69) is 29.4 Å². The standard InChI is InChI=1S/C22H29N3O4/c1-15(2)19(25-8-11-28-12-9-25)14-23-21(26)17-7-6-16(3)18(13-17)24-22(27)20-5-4-10-29-20/h4-7,10,13,15,19H,8-9,11-12,14H2,1-3H3,(H,23,26)(H,24,27). The number of furan rings is 1. The minimum absolute atomic E-state index is 0.155. The van der Waals surface area contributed by atoms with Crippen molar-refractivity contribution in [2.75, 3.05) is 38.2 Å². The Morgan fingerprint density at radius 3 is 2.55 bits per heavy atom. The zero-order valence-electron chi connectivity index (χ0n) is 17.2. The second-order valence-corrected chi connectivity index (χ2v) is 7.63. The predicted octanol–water partition coefficient (Wildman–Crippen LogP) is 2.93. The lowest BCUT2D eigenvalue weighted by Gasteiger charge is -2.36. The van der Waals surface area contributed by atoms with Crippen molar-refractivity contribution in [3.05, 3.63) is 53.5 Å². The number of anilines is 1. The van der Waals surface area contributed by atoms with Gasteiger partial charge < -0.3 is 19.8 Å². The molecule has 3 rings (SSSR count). The maximum atomic E-state index is 12.7. The summed E-state index contributed by atoms with van der Waals surface area (Å²) in [5.41, 5.74) is 1.97. The number of carbonyl (C=O) groups is 2. The van der Waals surface area contributed by atoms with E-state index >= 15 is 0 Å². The number of amides is 2. The Labute approximate surface area is 171 Å². The Hall–Kier alpha value is -2.64. The van der Waals surface area contributed by atoms with Gasteiger partial charge in [-0.05, 0) is 42.7 Å². The molecule has 2 amide bonds. The van der Waals surface area contributed by atoms with E-state index in [1.165, 1.54) is 6.26 Å². The third kappa shape index (κ3) is 5.46. The highest BCUT2D eigenvalue weighted by atomic mass is 16.5. The molecule has 1 fully saturated rings. The predicted molar refractivity (Wildman–Crippen MR) is 111 cm³/mol. The summed E-state index contributed by atoms with van der Waals surface area (Å²) in [7, 11) is 0. The van der Waals surface area contributed by atoms with Crippen molar-refractivity contribution in [3.8, 4) is 0 Å². The van der Waals surface area contributed by atoms with E-state index < -0.39 is 0 Å². The first-order valence-corrected chi connectivity index (χ1v) is 10.0. The lowest BCUT2D eigenvalue weighted by atomic mass is 10.0. The molecule has 7 heteroatoms. The molecule has 7 nitrogen and oxygen atoms in total. The maximum absolute atomic E-state index is 12.7. The molecule has 2 N–H and O–H groups in total. The van der Waals surface area contributed by atoms with Crippen molar-refractivity contribution in [1.82, 2.24) is 10.2 Å². The van der Waals surface area contributed by atoms with Gasteiger partial charge in [0.15, 0.2) is 5.76 Å². The Balaban J connectivity index is 1.64. The van der Waals surface area contributed by atoms with Crippen LogP contribution in [0.15, 0.2) is 41.0 Å². The minimum Gasteiger partial charge on any atom is -0.459 e. The Morgan fingerprint density at radius 1 is 1.14 bits per heavy atom. The van der Waals surface area contributed by atoms with Gasteiger partial charge in [-0.25, -0.2) is 0 Å². The molecule has 0 aliphatic carbocycles. The van der Waals surface area contributed by atoms with E-state index in [-0.39, 0.29) is 23.6 Å². The Kier molecular flexibility index (Phi) is 7.06. The van der Waals surface area contributed by atoms with Crippen LogP contribution in [0.3, 0.4) is 0 Å². The van der Waals surface area contributed by atoms with Gasteiger partial charge in [-0.2, -0.15) is 0 Å². The van der Waals surface area contributed by atoms with E-state index in [1.807, 2.05) is 13.0 Å². The number of carbonyl (C=O) groups excluding carboxylic acids is 2. The van der Waals surface area contributed by atoms with Gasteiger partial charge in [-0.1, -0.05) is 19.9 Å². The molecule has 156 valence electrons. The van der Waals surface area contributed by atoms with Crippen LogP contribution in [0.4, 0.5) is 5.69 Å². The first-order chi connectivity index (χ1) is 14.0. The topological polar surface area (TPSA) is 83.8 Å². The van der Waals surface area contributed by atoms with Crippen LogP contribution in [0, 0.1) is 12.8 Å². The van der Waals surface area contributed by atoms with Crippen molar-refractivity contribution in [2.45, 2.75) is 26.8 Å². The largest absolute Gasteiger partial charge is 0.459 e. The highest BCUT2D eigenvalue weighted by Crippen LogP contribution is 2.19. The molecular weight excluding hydrogens is 370 g/mol. The maximum Gasteiger partial charge on any atom is 0.291 e. The van der Waals surface area contributed by atoms with Gasteiger partial charge >= 0.3 is 0 Å². The number of morpholine rings is 1. The van der Waals surface area contributed by atoms with E-state index in [9.17, 15) is 9.59 Å². The highest BCUT2D eigenvalue weighted by molar-refractivity contribution is 6.03. The van der Waals surface area contributed by atoms with Crippen LogP contribution in [0.25, 0.3) is 0 Å². The highest BCUT2D eigenvalue weighted by Gasteiger charge is 2.24. The molecule has 1 aromatic carbocycles. The van der Waals surface area contributed by atoms with Crippen molar-refractivity contribution < 1.29 is 18.7 Å². The van der Waals surface area contributed by atoms with Gasteiger partial charge in [0.2, 0.25) is 0 Å². The van der Waals surface area contributed by atoms with E-state index in [1.54, 1.807) is 24.3 Å². The summed E-state index contributed by atoms with van der Waals surface area (Å²) in [5.74, 6) is 0.138. The quantitative estimate of drug-likeness (QED) is 0.748. The molecule has 0 spiro atoms. The summed E-state index contributed by atoms with van der Waals surface area (Å²) < 4.78 is 10.6. The molecule has 1 unspecified atom stereocenters. The lowest BCUT2D eigenvalue weighted by Crippen LogP contribution is -2.51. The molecule has 2 heterocycles. The third-order valence-corrected chi connectivity index (χ3v) is 5.25. The van der Waals surface area contributed by atoms with Crippen molar-refractivity contribution >= 4 is 17.5 Å². The van der Waals surface area contributed by atoms with E-state index in [0.29, 0.717) is 23.7 Å². The molecule has 1 atom stereocenters. The zero-order chi connectivity index (χ0) is 20.8. The van der Waals surface area contributed by atoms with Crippen molar-refractivity contribution in [2.24, 2.45) is 5.92 Å². The monoisotopic (exact) mass is 399 g/mol. The molecule has 1 aromatic heterocycles. The Bertz CT molecular complexity index is 827. The molecule has 1 saturated heterocycles. The molecule has 0 radical (unpaired) electrons. The van der Waals surface area contributed by atoms with Gasteiger partial charge in [-0.15, -0.1) is 0 Å². The summed E-state index contributed by atoms with van der Waals surface area (Å²) in [5, 5.41) is 5.86. The van der Waals surface area contributed by atoms with Crippen LogP contribution < -0.4 is 10.6 Å². The number of aryl methyl sites for hydroxylation is 1. The van der Waals surface area contributed by atoms with Crippen LogP contribution in [-0.4, -0.2) is 55.6 Å². The van der Waals surface area contributed by atoms with Crippen LogP contribution in [0.5, 0.6) is 0 Å². The van der Waals surface area contributed by atoms with Gasteiger partial charge in [-0.3, -0.25) is 14.5 Å². The fourth-order valence-corrected chi connectivity index (χ4v) is 3.48. The first-order valence-electron chi connectivity index (χ1n) is 10.0. The molecule has 0 saturated carbocycles. The second-order valence-electron chi connectivity index (χ2n) is 7.63. The van der Waals surface area contributed by atoms with Crippen LogP contribution in [0.2, 0.25) is 0 Å². The van der Waals surface area contributed by atoms with Gasteiger partial charge in [0.05, 0.1) is 19.5 Å². The van der Waals surface area contributed by atoms with Crippen LogP contribution in [-0.2, 0) is 4.74 Å². The second kappa shape index (κ2) is 9.71. The van der Waals surface area contributed by atoms with E-state index in [4.69, 9.17) is 9.15 Å². The molecule has 2 aromatic rings. The number of ether oxygens (including phenoxy) is 1. The fourth-order valence-electron chi connectivity index (χ4n) is 3.48. The molecular formula is C22H29N3O4. The number of nitrogens with zero attached hydrogens (tertiary/aromatic N) is 1. The smallest absolute Gasteiger partial charge is 0.291 e. The molecule has 1 aliphatic rings. The average Bonchev–Trinajstić information content (AvgIpc) is 3.25. The fraction of sp³-hybridized carbons (Fsp3) is 0.455. The van der Waals surface area contributed by atoms with Gasteiger partial charge in [0, 0.05) is 36.9 Å². The van der Waals surface area contributed by atoms with Gasteiger partial charge in [0.1, 0.15) is 0 Å². The summed E-state index contributed by atoms with van der Waals surface area (Å²) >= 11 is 0. The summed E-state index contributed by atoms with van der Waals surface area (Å²) in [4.78, 5) is 27.4. The van der Waals surface area contributed by atoms with E-state index in [0.717, 1.165) is 31.9 Å². The number of nitrogens with one attached hydrogen (secondary N) is 2. The first kappa shape index (κ1) is 21.1. The van der Waals surface area contributed by atoms with Gasteiger partial charge in [0.25, 0.3) is 11.8 Å². The summed E-state index contributed by atoms with van der Waals surface area (Å²) in [6, 6.07) is 8.81. The summed E-state index contributed by atoms with van der Waals surface area (Å²) in [6.45, 7) is 10.0. The number of hydrogen-bond donors (Lipinski definition) is 2. The third-order valence-electron chi connectivity index (χ3n) is 5.25. The molecule has 29 heavy (non-hydrogen) atoms. The zero-order valence-corrected chi connectivity index (χ0v) is 17.2. The molecule has 1 aliphatic heterocycles. The van der Waals surface area contributed by atoms with Crippen LogP contribution in [0.1, 0.15) is 40.3 Å². The van der Waals surface area contributed by atoms with Crippen molar-refractivity contribution in [3.63, 3.8) is 0 Å². The number of hydrogen-bond acceptors (Lipinski definition) is 5. The lowest BCUT2D eigenvalue weighted by molar-refractivity contribution is 0.00672. The average molecular weight is 399 g/mol. The minimum atomic E-state index is -0.345. The number of benzene rings is 1. The summed E-state index contributed by atoms with van der Waals surface area (Å²) in [6.07, 6.45) is 1.45. The Morgan fingerprint density at radius 2 is 1.90 bits per heavy atom. The van der Waals surface area contributed by atoms with Crippen LogP contribution >= 0.6 is 0 Å². The normalized spacial score (nSPS) is 15.9. The molecule has 0 bridgehead atoms.